The van der Waals surface area contributed by atoms with Crippen LogP contribution in [0.25, 0.3) is 76.8 Å². The van der Waals surface area contributed by atoms with Crippen molar-refractivity contribution in [1.82, 2.24) is 0 Å². The van der Waals surface area contributed by atoms with E-state index in [0.29, 0.717) is 0 Å². The summed E-state index contributed by atoms with van der Waals surface area (Å²) in [7, 11) is 0. The van der Waals surface area contributed by atoms with Crippen molar-refractivity contribution in [2.45, 2.75) is 19.3 Å². The Hall–Kier alpha value is -4.98. The SMILES string of the molecule is CC1(C)c2cc(Br)ccc2-c2c1c1c3ccccc3c(-c3cc(-c4ccccc4)cc(-c4ccccc4)c3)cc1c1ccccc21. The van der Waals surface area contributed by atoms with Gasteiger partial charge in [0.15, 0.2) is 0 Å². The Bertz CT molecular complexity index is 2430. The van der Waals surface area contributed by atoms with E-state index >= 15 is 0 Å². The first-order valence-electron chi connectivity index (χ1n) is 16.0. The van der Waals surface area contributed by atoms with Crippen LogP contribution >= 0.6 is 15.9 Å². The molecule has 1 aliphatic carbocycles. The van der Waals surface area contributed by atoms with Crippen LogP contribution in [0, 0.1) is 0 Å². The first kappa shape index (κ1) is 27.3. The Balaban J connectivity index is 1.43. The molecule has 0 saturated carbocycles. The minimum Gasteiger partial charge on any atom is -0.0622 e. The Morgan fingerprint density at radius 3 is 1.61 bits per heavy atom. The average Bonchev–Trinajstić information content (AvgIpc) is 3.34. The number of hydrogen-bond acceptors (Lipinski definition) is 0. The maximum atomic E-state index is 3.78. The highest BCUT2D eigenvalue weighted by molar-refractivity contribution is 9.10. The van der Waals surface area contributed by atoms with Gasteiger partial charge >= 0.3 is 0 Å². The van der Waals surface area contributed by atoms with Crippen LogP contribution in [0.5, 0.6) is 0 Å². The fourth-order valence-electron chi connectivity index (χ4n) is 7.96. The lowest BCUT2D eigenvalue weighted by atomic mass is 9.77. The molecule has 0 N–H and O–H groups in total. The van der Waals surface area contributed by atoms with Gasteiger partial charge in [-0.15, -0.1) is 0 Å². The van der Waals surface area contributed by atoms with E-state index in [2.05, 4.69) is 181 Å². The zero-order valence-corrected chi connectivity index (χ0v) is 27.4. The molecular formula is C45H31Br. The van der Waals surface area contributed by atoms with Gasteiger partial charge in [0.1, 0.15) is 0 Å². The van der Waals surface area contributed by atoms with Gasteiger partial charge in [-0.25, -0.2) is 0 Å². The van der Waals surface area contributed by atoms with Gasteiger partial charge in [-0.3, -0.25) is 0 Å². The monoisotopic (exact) mass is 650 g/mol. The molecular weight excluding hydrogens is 620 g/mol. The number of hydrogen-bond donors (Lipinski definition) is 0. The second-order valence-corrected chi connectivity index (χ2v) is 13.9. The molecule has 1 heteroatoms. The lowest BCUT2D eigenvalue weighted by molar-refractivity contribution is 0.666. The fraction of sp³-hybridized carbons (Fsp3) is 0.0667. The van der Waals surface area contributed by atoms with Crippen LogP contribution in [0.2, 0.25) is 0 Å². The summed E-state index contributed by atoms with van der Waals surface area (Å²) in [6.45, 7) is 4.80. The third-order valence-corrected chi connectivity index (χ3v) is 10.5. The van der Waals surface area contributed by atoms with Crippen molar-refractivity contribution in [1.29, 1.82) is 0 Å². The summed E-state index contributed by atoms with van der Waals surface area (Å²) in [5, 5.41) is 7.90. The molecule has 8 aromatic carbocycles. The van der Waals surface area contributed by atoms with E-state index in [9.17, 15) is 0 Å². The van der Waals surface area contributed by atoms with Crippen LogP contribution in [0.15, 0.2) is 156 Å². The molecule has 0 aromatic heterocycles. The molecule has 0 atom stereocenters. The third-order valence-electron chi connectivity index (χ3n) is 10.0. The molecule has 0 bridgehead atoms. The molecule has 0 radical (unpaired) electrons. The first-order valence-corrected chi connectivity index (χ1v) is 16.8. The summed E-state index contributed by atoms with van der Waals surface area (Å²) >= 11 is 3.78. The van der Waals surface area contributed by atoms with Crippen molar-refractivity contribution in [3.63, 3.8) is 0 Å². The average molecular weight is 652 g/mol. The number of halogens is 1. The molecule has 0 heterocycles. The zero-order valence-electron chi connectivity index (χ0n) is 25.8. The fourth-order valence-corrected chi connectivity index (χ4v) is 8.32. The van der Waals surface area contributed by atoms with Crippen LogP contribution in [-0.4, -0.2) is 0 Å². The highest BCUT2D eigenvalue weighted by Crippen LogP contribution is 2.56. The highest BCUT2D eigenvalue weighted by Gasteiger charge is 2.39. The Kier molecular flexibility index (Phi) is 6.11. The van der Waals surface area contributed by atoms with E-state index in [1.807, 2.05) is 0 Å². The smallest absolute Gasteiger partial charge is 0.0178 e. The molecule has 46 heavy (non-hydrogen) atoms. The second-order valence-electron chi connectivity index (χ2n) is 13.0. The highest BCUT2D eigenvalue weighted by atomic mass is 79.9. The van der Waals surface area contributed by atoms with Crippen molar-refractivity contribution in [3.05, 3.63) is 167 Å². The molecule has 1 aliphatic rings. The van der Waals surface area contributed by atoms with Crippen molar-refractivity contribution < 1.29 is 0 Å². The molecule has 9 rings (SSSR count). The standard InChI is InChI=1S/C45H31Br/c1-45(2)41-26-33(46)21-22-38(41)42-37-20-12-10-18-35(37)40-27-39(34-17-9-11-19-36(34)43(40)44(42)45)32-24-30(28-13-5-3-6-14-28)23-31(25-32)29-15-7-4-8-16-29/h3-27H,1-2H3. The van der Waals surface area contributed by atoms with Crippen molar-refractivity contribution in [2.24, 2.45) is 0 Å². The molecule has 0 spiro atoms. The quantitative estimate of drug-likeness (QED) is 0.167. The normalized spacial score (nSPS) is 13.3. The molecule has 218 valence electrons. The molecule has 0 saturated heterocycles. The molecule has 0 fully saturated rings. The van der Waals surface area contributed by atoms with Crippen molar-refractivity contribution in [3.8, 4) is 44.5 Å². The molecule has 0 unspecified atom stereocenters. The van der Waals surface area contributed by atoms with E-state index in [4.69, 9.17) is 0 Å². The Labute approximate surface area is 278 Å². The molecule has 0 nitrogen and oxygen atoms in total. The summed E-state index contributed by atoms with van der Waals surface area (Å²) in [5.74, 6) is 0. The van der Waals surface area contributed by atoms with Gasteiger partial charge in [0.2, 0.25) is 0 Å². The van der Waals surface area contributed by atoms with Gasteiger partial charge in [0.25, 0.3) is 0 Å². The van der Waals surface area contributed by atoms with E-state index in [0.717, 1.165) is 4.47 Å². The summed E-state index contributed by atoms with van der Waals surface area (Å²) in [4.78, 5) is 0. The first-order chi connectivity index (χ1) is 22.5. The summed E-state index contributed by atoms with van der Waals surface area (Å²) in [5.41, 5.74) is 12.8. The van der Waals surface area contributed by atoms with E-state index in [-0.39, 0.29) is 5.41 Å². The van der Waals surface area contributed by atoms with Crippen molar-refractivity contribution in [2.75, 3.05) is 0 Å². The number of benzene rings is 8. The van der Waals surface area contributed by atoms with E-state index in [1.165, 1.54) is 88.0 Å². The predicted molar refractivity (Wildman–Crippen MR) is 201 cm³/mol. The van der Waals surface area contributed by atoms with Crippen LogP contribution < -0.4 is 0 Å². The largest absolute Gasteiger partial charge is 0.0622 e. The van der Waals surface area contributed by atoms with Gasteiger partial charge in [-0.2, -0.15) is 0 Å². The third kappa shape index (κ3) is 4.05. The molecule has 8 aromatic rings. The van der Waals surface area contributed by atoms with Crippen LogP contribution in [-0.2, 0) is 5.41 Å². The minimum atomic E-state index is -0.158. The van der Waals surface area contributed by atoms with E-state index in [1.54, 1.807) is 0 Å². The van der Waals surface area contributed by atoms with Gasteiger partial charge in [0.05, 0.1) is 0 Å². The minimum absolute atomic E-state index is 0.158. The maximum absolute atomic E-state index is 3.78. The summed E-state index contributed by atoms with van der Waals surface area (Å²) in [6.07, 6.45) is 0. The molecule has 0 amide bonds. The lowest BCUT2D eigenvalue weighted by Crippen LogP contribution is -2.16. The van der Waals surface area contributed by atoms with Gasteiger partial charge in [-0.1, -0.05) is 145 Å². The van der Waals surface area contributed by atoms with Crippen LogP contribution in [0.1, 0.15) is 25.0 Å². The van der Waals surface area contributed by atoms with Gasteiger partial charge in [0, 0.05) is 9.89 Å². The molecule has 0 aliphatic heterocycles. The lowest BCUT2D eigenvalue weighted by Gasteiger charge is -2.26. The van der Waals surface area contributed by atoms with Gasteiger partial charge < -0.3 is 0 Å². The van der Waals surface area contributed by atoms with Crippen LogP contribution in [0.4, 0.5) is 0 Å². The van der Waals surface area contributed by atoms with Crippen molar-refractivity contribution >= 4 is 48.2 Å². The summed E-state index contributed by atoms with van der Waals surface area (Å²) in [6, 6.07) is 56.0. The van der Waals surface area contributed by atoms with Crippen LogP contribution in [0.3, 0.4) is 0 Å². The maximum Gasteiger partial charge on any atom is 0.0178 e. The Morgan fingerprint density at radius 1 is 0.413 bits per heavy atom. The van der Waals surface area contributed by atoms with Gasteiger partial charge in [-0.05, 0) is 124 Å². The second kappa shape index (κ2) is 10.3. The predicted octanol–water partition coefficient (Wildman–Crippen LogP) is 13.2. The van der Waals surface area contributed by atoms with E-state index < -0.39 is 0 Å². The number of rotatable bonds is 3. The topological polar surface area (TPSA) is 0 Å². The summed E-state index contributed by atoms with van der Waals surface area (Å²) < 4.78 is 1.13. The number of fused-ring (bicyclic) bond motifs is 10. The Morgan fingerprint density at radius 2 is 0.957 bits per heavy atom. The zero-order chi connectivity index (χ0) is 31.0.